The van der Waals surface area contributed by atoms with E-state index in [2.05, 4.69) is 25.5 Å². The lowest BCUT2D eigenvalue weighted by atomic mass is 10.2. The van der Waals surface area contributed by atoms with E-state index in [1.807, 2.05) is 0 Å². The topological polar surface area (TPSA) is 68.5 Å². The van der Waals surface area contributed by atoms with Gasteiger partial charge in [0.05, 0.1) is 0 Å². The Bertz CT molecular complexity index is 545. The van der Waals surface area contributed by atoms with E-state index < -0.39 is 0 Å². The molecule has 1 N–H and O–H groups in total. The van der Waals surface area contributed by atoms with E-state index in [-0.39, 0.29) is 5.28 Å². The normalized spacial score (nSPS) is 16.8. The van der Waals surface area contributed by atoms with Gasteiger partial charge in [0.25, 0.3) is 0 Å². The lowest BCUT2D eigenvalue weighted by Crippen LogP contribution is -2.16. The van der Waals surface area contributed by atoms with Crippen LogP contribution in [0.3, 0.4) is 0 Å². The third-order valence-electron chi connectivity index (χ3n) is 3.02. The minimum Gasteiger partial charge on any atom is -0.365 e. The number of aryl methyl sites for hydroxylation is 1. The predicted octanol–water partition coefficient (Wildman–Crippen LogP) is 1.77. The van der Waals surface area contributed by atoms with Crippen LogP contribution in [0.5, 0.6) is 0 Å². The first-order chi connectivity index (χ1) is 8.22. The SMILES string of the molecule is Cn1nc2nc(Cl)nc(NC3CCCC3)c2n1. The molecule has 0 amide bonds. The van der Waals surface area contributed by atoms with Gasteiger partial charge in [-0.05, 0) is 24.4 Å². The van der Waals surface area contributed by atoms with Crippen LogP contribution in [0.2, 0.25) is 5.28 Å². The first-order valence-corrected chi connectivity index (χ1v) is 6.11. The molecule has 1 fully saturated rings. The Morgan fingerprint density at radius 3 is 2.76 bits per heavy atom. The molecule has 0 saturated heterocycles. The molecule has 0 bridgehead atoms. The standard InChI is InChI=1S/C10H13ClN6/c1-17-15-7-8(12-6-4-2-3-5-6)13-10(11)14-9(7)16-17/h6H,2-5H2,1H3,(H,12,13,14,16). The molecule has 1 aliphatic rings. The zero-order valence-corrected chi connectivity index (χ0v) is 10.3. The van der Waals surface area contributed by atoms with Crippen LogP contribution in [-0.4, -0.2) is 31.0 Å². The second-order valence-corrected chi connectivity index (χ2v) is 4.67. The molecule has 0 atom stereocenters. The Morgan fingerprint density at radius 1 is 1.24 bits per heavy atom. The number of fused-ring (bicyclic) bond motifs is 1. The first kappa shape index (κ1) is 10.7. The summed E-state index contributed by atoms with van der Waals surface area (Å²) in [7, 11) is 1.76. The number of hydrogen-bond donors (Lipinski definition) is 1. The molecule has 0 aromatic carbocycles. The number of halogens is 1. The van der Waals surface area contributed by atoms with Gasteiger partial charge >= 0.3 is 0 Å². The molecule has 0 spiro atoms. The predicted molar refractivity (Wildman–Crippen MR) is 65.0 cm³/mol. The molecule has 2 aromatic heterocycles. The molecule has 0 unspecified atom stereocenters. The molecule has 6 nitrogen and oxygen atoms in total. The van der Waals surface area contributed by atoms with Crippen molar-refractivity contribution >= 4 is 28.6 Å². The van der Waals surface area contributed by atoms with E-state index in [0.29, 0.717) is 23.0 Å². The molecule has 1 saturated carbocycles. The highest BCUT2D eigenvalue weighted by molar-refractivity contribution is 6.28. The fraction of sp³-hybridized carbons (Fsp3) is 0.600. The van der Waals surface area contributed by atoms with Gasteiger partial charge in [0.15, 0.2) is 11.3 Å². The van der Waals surface area contributed by atoms with Crippen molar-refractivity contribution in [3.05, 3.63) is 5.28 Å². The molecule has 0 aliphatic heterocycles. The second kappa shape index (κ2) is 4.10. The first-order valence-electron chi connectivity index (χ1n) is 5.73. The van der Waals surface area contributed by atoms with Crippen LogP contribution in [0.15, 0.2) is 0 Å². The van der Waals surface area contributed by atoms with Crippen molar-refractivity contribution in [2.75, 3.05) is 5.32 Å². The summed E-state index contributed by atoms with van der Waals surface area (Å²) in [5.74, 6) is 0.694. The maximum absolute atomic E-state index is 5.88. The third-order valence-corrected chi connectivity index (χ3v) is 3.19. The van der Waals surface area contributed by atoms with Gasteiger partial charge in [-0.2, -0.15) is 14.8 Å². The number of nitrogens with zero attached hydrogens (tertiary/aromatic N) is 5. The molecular formula is C10H13ClN6. The fourth-order valence-corrected chi connectivity index (χ4v) is 2.41. The highest BCUT2D eigenvalue weighted by atomic mass is 35.5. The Kier molecular flexibility index (Phi) is 2.58. The lowest BCUT2D eigenvalue weighted by molar-refractivity contribution is 0.663. The summed E-state index contributed by atoms with van der Waals surface area (Å²) < 4.78 is 0. The number of anilines is 1. The van der Waals surface area contributed by atoms with Gasteiger partial charge in [0, 0.05) is 13.1 Å². The van der Waals surface area contributed by atoms with Gasteiger partial charge in [0.2, 0.25) is 10.9 Å². The van der Waals surface area contributed by atoms with E-state index >= 15 is 0 Å². The van der Waals surface area contributed by atoms with E-state index in [0.717, 1.165) is 0 Å². The van der Waals surface area contributed by atoms with Crippen LogP contribution < -0.4 is 5.32 Å². The third kappa shape index (κ3) is 2.04. The fourth-order valence-electron chi connectivity index (χ4n) is 2.25. The number of hydrogen-bond acceptors (Lipinski definition) is 5. The molecular weight excluding hydrogens is 240 g/mol. The Balaban J connectivity index is 2.01. The van der Waals surface area contributed by atoms with Crippen molar-refractivity contribution in [1.29, 1.82) is 0 Å². The average Bonchev–Trinajstić information content (AvgIpc) is 2.86. The van der Waals surface area contributed by atoms with E-state index in [9.17, 15) is 0 Å². The summed E-state index contributed by atoms with van der Waals surface area (Å²) in [5.41, 5.74) is 1.22. The van der Waals surface area contributed by atoms with Crippen LogP contribution in [0.4, 0.5) is 5.82 Å². The number of nitrogens with one attached hydrogen (secondary N) is 1. The number of aromatic nitrogens is 5. The van der Waals surface area contributed by atoms with Crippen LogP contribution in [-0.2, 0) is 7.05 Å². The monoisotopic (exact) mass is 252 g/mol. The van der Waals surface area contributed by atoms with Crippen molar-refractivity contribution < 1.29 is 0 Å². The summed E-state index contributed by atoms with van der Waals surface area (Å²) in [6.45, 7) is 0. The minimum absolute atomic E-state index is 0.207. The molecule has 7 heteroatoms. The molecule has 1 aliphatic carbocycles. The molecule has 90 valence electrons. The molecule has 2 heterocycles. The van der Waals surface area contributed by atoms with Crippen molar-refractivity contribution in [2.45, 2.75) is 31.7 Å². The van der Waals surface area contributed by atoms with Gasteiger partial charge in [-0.25, -0.2) is 0 Å². The van der Waals surface area contributed by atoms with E-state index in [4.69, 9.17) is 11.6 Å². The highest BCUT2D eigenvalue weighted by Crippen LogP contribution is 2.25. The Hall–Kier alpha value is -1.43. The quantitative estimate of drug-likeness (QED) is 0.825. The Morgan fingerprint density at radius 2 is 2.00 bits per heavy atom. The second-order valence-electron chi connectivity index (χ2n) is 4.33. The van der Waals surface area contributed by atoms with Gasteiger partial charge < -0.3 is 5.32 Å². The van der Waals surface area contributed by atoms with Crippen molar-refractivity contribution in [1.82, 2.24) is 25.0 Å². The largest absolute Gasteiger partial charge is 0.365 e. The lowest BCUT2D eigenvalue weighted by Gasteiger charge is -2.12. The summed E-state index contributed by atoms with van der Waals surface area (Å²) in [6, 6.07) is 0.464. The highest BCUT2D eigenvalue weighted by Gasteiger charge is 2.18. The summed E-state index contributed by atoms with van der Waals surface area (Å²) in [4.78, 5) is 9.74. The Labute approximate surface area is 103 Å². The van der Waals surface area contributed by atoms with Crippen LogP contribution in [0.1, 0.15) is 25.7 Å². The van der Waals surface area contributed by atoms with Crippen LogP contribution >= 0.6 is 11.6 Å². The zero-order chi connectivity index (χ0) is 11.8. The maximum atomic E-state index is 5.88. The maximum Gasteiger partial charge on any atom is 0.226 e. The summed E-state index contributed by atoms with van der Waals surface area (Å²) in [5, 5.41) is 12.0. The van der Waals surface area contributed by atoms with Gasteiger partial charge in [-0.1, -0.05) is 12.8 Å². The van der Waals surface area contributed by atoms with E-state index in [1.54, 1.807) is 7.05 Å². The van der Waals surface area contributed by atoms with Gasteiger partial charge in [-0.3, -0.25) is 0 Å². The molecule has 2 aromatic rings. The summed E-state index contributed by atoms with van der Waals surface area (Å²) >= 11 is 5.88. The van der Waals surface area contributed by atoms with Crippen LogP contribution in [0, 0.1) is 0 Å². The van der Waals surface area contributed by atoms with Crippen molar-refractivity contribution in [3.8, 4) is 0 Å². The molecule has 3 rings (SSSR count). The van der Waals surface area contributed by atoms with Gasteiger partial charge in [0.1, 0.15) is 0 Å². The smallest absolute Gasteiger partial charge is 0.226 e. The molecule has 17 heavy (non-hydrogen) atoms. The summed E-state index contributed by atoms with van der Waals surface area (Å²) in [6.07, 6.45) is 4.87. The average molecular weight is 253 g/mol. The number of rotatable bonds is 2. The molecule has 0 radical (unpaired) electrons. The minimum atomic E-state index is 0.207. The van der Waals surface area contributed by atoms with E-state index in [1.165, 1.54) is 30.5 Å². The zero-order valence-electron chi connectivity index (χ0n) is 9.52. The van der Waals surface area contributed by atoms with Crippen molar-refractivity contribution in [3.63, 3.8) is 0 Å². The van der Waals surface area contributed by atoms with Gasteiger partial charge in [-0.15, -0.1) is 10.2 Å². The van der Waals surface area contributed by atoms with Crippen LogP contribution in [0.25, 0.3) is 11.2 Å². The van der Waals surface area contributed by atoms with Crippen molar-refractivity contribution in [2.24, 2.45) is 7.05 Å².